The number of hydrogen-bond donors (Lipinski definition) is 0. The van der Waals surface area contributed by atoms with Gasteiger partial charge in [0.25, 0.3) is 5.91 Å². The Hall–Kier alpha value is -2.64. The van der Waals surface area contributed by atoms with Crippen LogP contribution in [0.25, 0.3) is 10.2 Å². The van der Waals surface area contributed by atoms with Crippen molar-refractivity contribution in [2.24, 2.45) is 0 Å². The van der Waals surface area contributed by atoms with Gasteiger partial charge < -0.3 is 14.5 Å². The summed E-state index contributed by atoms with van der Waals surface area (Å²) in [4.78, 5) is 24.3. The van der Waals surface area contributed by atoms with E-state index < -0.39 is 0 Å². The Bertz CT molecular complexity index is 981. The van der Waals surface area contributed by atoms with Crippen molar-refractivity contribution >= 4 is 38.3 Å². The van der Waals surface area contributed by atoms with Crippen molar-refractivity contribution in [3.05, 3.63) is 48.0 Å². The summed E-state index contributed by atoms with van der Waals surface area (Å²) in [7, 11) is 5.66. The predicted octanol–water partition coefficient (Wildman–Crippen LogP) is 4.36. The van der Waals surface area contributed by atoms with E-state index in [1.807, 2.05) is 56.6 Å². The lowest BCUT2D eigenvalue weighted by atomic mass is 10.1. The van der Waals surface area contributed by atoms with Crippen molar-refractivity contribution in [3.8, 4) is 5.75 Å². The first-order valence-corrected chi connectivity index (χ1v) is 11.0. The maximum atomic E-state index is 13.4. The predicted molar refractivity (Wildman–Crippen MR) is 126 cm³/mol. The Kier molecular flexibility index (Phi) is 7.29. The van der Waals surface area contributed by atoms with Gasteiger partial charge in [0.1, 0.15) is 5.75 Å². The molecule has 7 heteroatoms. The highest BCUT2D eigenvalue weighted by Gasteiger charge is 2.22. The zero-order valence-electron chi connectivity index (χ0n) is 18.4. The largest absolute Gasteiger partial charge is 0.497 e. The topological polar surface area (TPSA) is 48.9 Å². The molecule has 1 amide bonds. The van der Waals surface area contributed by atoms with Crippen molar-refractivity contribution in [1.29, 1.82) is 0 Å². The summed E-state index contributed by atoms with van der Waals surface area (Å²) in [5, 5.41) is 0.706. The van der Waals surface area contributed by atoms with E-state index >= 15 is 0 Å². The Balaban J connectivity index is 1.92. The van der Waals surface area contributed by atoms with Gasteiger partial charge in [-0.2, -0.15) is 0 Å². The highest BCUT2D eigenvalue weighted by Crippen LogP contribution is 2.32. The summed E-state index contributed by atoms with van der Waals surface area (Å²) >= 11 is 1.51. The van der Waals surface area contributed by atoms with Gasteiger partial charge in [0.05, 0.1) is 17.3 Å². The molecule has 6 nitrogen and oxygen atoms in total. The maximum absolute atomic E-state index is 13.4. The molecular formula is C23H30N4O2S. The molecule has 0 N–H and O–H groups in total. The minimum Gasteiger partial charge on any atom is -0.497 e. The molecule has 0 aliphatic carbocycles. The third-order valence-electron chi connectivity index (χ3n) is 5.07. The van der Waals surface area contributed by atoms with Crippen LogP contribution in [0.4, 0.5) is 10.8 Å². The van der Waals surface area contributed by atoms with Crippen LogP contribution in [0.5, 0.6) is 5.75 Å². The highest BCUT2D eigenvalue weighted by atomic mass is 32.1. The van der Waals surface area contributed by atoms with Gasteiger partial charge in [-0.25, -0.2) is 4.98 Å². The Morgan fingerprint density at radius 2 is 1.73 bits per heavy atom. The molecule has 30 heavy (non-hydrogen) atoms. The number of thiazole rings is 1. The lowest BCUT2D eigenvalue weighted by Gasteiger charge is -2.23. The van der Waals surface area contributed by atoms with Gasteiger partial charge in [-0.1, -0.05) is 11.3 Å². The molecule has 0 aliphatic heterocycles. The summed E-state index contributed by atoms with van der Waals surface area (Å²) in [5.74, 6) is 0.754. The summed E-state index contributed by atoms with van der Waals surface area (Å²) in [5.41, 5.74) is 2.67. The molecule has 0 aliphatic rings. The second kappa shape index (κ2) is 9.91. The quantitative estimate of drug-likeness (QED) is 0.509. The number of anilines is 2. The summed E-state index contributed by atoms with van der Waals surface area (Å²) < 4.78 is 6.33. The first kappa shape index (κ1) is 22.1. The number of benzene rings is 2. The van der Waals surface area contributed by atoms with Crippen LogP contribution in [0.3, 0.4) is 0 Å². The molecule has 160 valence electrons. The van der Waals surface area contributed by atoms with Crippen LogP contribution in [-0.2, 0) is 0 Å². The van der Waals surface area contributed by atoms with Gasteiger partial charge in [0.15, 0.2) is 5.13 Å². The molecule has 0 saturated carbocycles. The van der Waals surface area contributed by atoms with Crippen molar-refractivity contribution < 1.29 is 9.53 Å². The van der Waals surface area contributed by atoms with E-state index in [9.17, 15) is 4.79 Å². The molecule has 0 atom stereocenters. The fraction of sp³-hybridized carbons (Fsp3) is 0.391. The molecule has 0 radical (unpaired) electrons. The van der Waals surface area contributed by atoms with Crippen LogP contribution in [0.1, 0.15) is 24.2 Å². The summed E-state index contributed by atoms with van der Waals surface area (Å²) in [6.45, 7) is 7.46. The van der Waals surface area contributed by atoms with Crippen molar-refractivity contribution in [3.63, 3.8) is 0 Å². The van der Waals surface area contributed by atoms with E-state index in [4.69, 9.17) is 9.72 Å². The van der Waals surface area contributed by atoms with Gasteiger partial charge in [-0.05, 0) is 70.4 Å². The van der Waals surface area contributed by atoms with Gasteiger partial charge in [0, 0.05) is 37.4 Å². The zero-order valence-corrected chi connectivity index (χ0v) is 19.2. The third kappa shape index (κ3) is 4.91. The normalized spacial score (nSPS) is 11.1. The first-order valence-electron chi connectivity index (χ1n) is 10.2. The number of carbonyl (C=O) groups excluding carboxylic acids is 1. The number of rotatable bonds is 9. The van der Waals surface area contributed by atoms with Gasteiger partial charge in [-0.3, -0.25) is 9.69 Å². The molecule has 0 bridgehead atoms. The summed E-state index contributed by atoms with van der Waals surface area (Å²) in [6, 6.07) is 13.7. The van der Waals surface area contributed by atoms with Crippen LogP contribution in [-0.4, -0.2) is 63.2 Å². The fourth-order valence-corrected chi connectivity index (χ4v) is 4.30. The first-order chi connectivity index (χ1) is 14.5. The van der Waals surface area contributed by atoms with Crippen LogP contribution in [0.15, 0.2) is 42.5 Å². The zero-order chi connectivity index (χ0) is 21.7. The summed E-state index contributed by atoms with van der Waals surface area (Å²) in [6.07, 6.45) is 0. The average Bonchev–Trinajstić information content (AvgIpc) is 3.17. The minimum atomic E-state index is -0.0334. The number of amides is 1. The van der Waals surface area contributed by atoms with E-state index in [0.717, 1.165) is 41.3 Å². The van der Waals surface area contributed by atoms with E-state index in [-0.39, 0.29) is 5.91 Å². The van der Waals surface area contributed by atoms with E-state index in [2.05, 4.69) is 23.6 Å². The number of nitrogens with zero attached hydrogens (tertiary/aromatic N) is 4. The van der Waals surface area contributed by atoms with E-state index in [1.54, 1.807) is 12.0 Å². The average molecular weight is 427 g/mol. The monoisotopic (exact) mass is 426 g/mol. The number of aromatic nitrogens is 1. The van der Waals surface area contributed by atoms with Crippen LogP contribution in [0.2, 0.25) is 0 Å². The second-order valence-corrected chi connectivity index (χ2v) is 8.32. The minimum absolute atomic E-state index is 0.0334. The molecule has 3 aromatic rings. The van der Waals surface area contributed by atoms with Crippen LogP contribution >= 0.6 is 11.3 Å². The Morgan fingerprint density at radius 3 is 2.33 bits per heavy atom. The molecule has 0 unspecified atom stereocenters. The molecule has 1 heterocycles. The molecule has 1 aromatic heterocycles. The second-order valence-electron chi connectivity index (χ2n) is 7.31. The fourth-order valence-electron chi connectivity index (χ4n) is 3.28. The molecule has 3 rings (SSSR count). The lowest BCUT2D eigenvalue weighted by Crippen LogP contribution is -2.36. The number of fused-ring (bicyclic) bond motifs is 1. The number of carbonyl (C=O) groups is 1. The van der Waals surface area contributed by atoms with Crippen molar-refractivity contribution in [2.75, 3.05) is 57.2 Å². The molecular weight excluding hydrogens is 396 g/mol. The smallest absolute Gasteiger partial charge is 0.260 e. The van der Waals surface area contributed by atoms with Gasteiger partial charge in [-0.15, -0.1) is 0 Å². The van der Waals surface area contributed by atoms with Crippen molar-refractivity contribution in [2.45, 2.75) is 13.8 Å². The maximum Gasteiger partial charge on any atom is 0.260 e. The number of hydrogen-bond acceptors (Lipinski definition) is 6. The molecule has 0 spiro atoms. The number of ether oxygens (including phenoxy) is 1. The van der Waals surface area contributed by atoms with Gasteiger partial charge in [0.2, 0.25) is 0 Å². The van der Waals surface area contributed by atoms with E-state index in [0.29, 0.717) is 17.2 Å². The van der Waals surface area contributed by atoms with Crippen LogP contribution < -0.4 is 14.5 Å². The lowest BCUT2D eigenvalue weighted by molar-refractivity contribution is 0.0985. The SMILES string of the molecule is CCN(CC)c1ccc(C(=O)N(CCN(C)C)c2nc3ccc(OC)cc3s2)cc1. The standard InChI is InChI=1S/C23H30N4O2S/c1-6-26(7-2)18-10-8-17(9-11-18)22(28)27(15-14-25(3)4)23-24-20-13-12-19(29-5)16-21(20)30-23/h8-13,16H,6-7,14-15H2,1-5H3. The van der Waals surface area contributed by atoms with Crippen molar-refractivity contribution in [1.82, 2.24) is 9.88 Å². The van der Waals surface area contributed by atoms with Gasteiger partial charge >= 0.3 is 0 Å². The Labute approximate surface area is 182 Å². The van der Waals surface area contributed by atoms with E-state index in [1.165, 1.54) is 11.3 Å². The molecule has 2 aromatic carbocycles. The number of likely N-dealkylation sites (N-methyl/N-ethyl adjacent to an activating group) is 1. The third-order valence-corrected chi connectivity index (χ3v) is 6.12. The Morgan fingerprint density at radius 1 is 1.03 bits per heavy atom. The van der Waals surface area contributed by atoms with Crippen LogP contribution in [0, 0.1) is 0 Å². The molecule has 0 fully saturated rings. The molecule has 0 saturated heterocycles. The highest BCUT2D eigenvalue weighted by molar-refractivity contribution is 7.22. The number of methoxy groups -OCH3 is 1.